The number of likely N-dealkylation sites (N-methyl/N-ethyl adjacent to an activating group) is 1. The third-order valence-electron chi connectivity index (χ3n) is 4.25. The lowest BCUT2D eigenvalue weighted by Gasteiger charge is -2.31. The van der Waals surface area contributed by atoms with Crippen molar-refractivity contribution in [2.45, 2.75) is 18.9 Å². The Bertz CT molecular complexity index is 631. The summed E-state index contributed by atoms with van der Waals surface area (Å²) in [6.45, 7) is 3.15. The van der Waals surface area contributed by atoms with Gasteiger partial charge >= 0.3 is 0 Å². The predicted octanol–water partition coefficient (Wildman–Crippen LogP) is 0.960. The predicted molar refractivity (Wildman–Crippen MR) is 102 cm³/mol. The molecule has 1 saturated heterocycles. The lowest BCUT2D eigenvalue weighted by Crippen LogP contribution is -2.42. The van der Waals surface area contributed by atoms with Gasteiger partial charge in [0, 0.05) is 31.7 Å². The number of benzene rings is 1. The highest BCUT2D eigenvalue weighted by molar-refractivity contribution is 6.32. The van der Waals surface area contributed by atoms with Crippen LogP contribution in [0.4, 0.5) is 0 Å². The minimum Gasteiger partial charge on any atom is -0.489 e. The molecule has 0 unspecified atom stereocenters. The topological polar surface area (TPSA) is 87.9 Å². The average Bonchev–Trinajstić information content (AvgIpc) is 2.57. The maximum absolute atomic E-state index is 12.1. The van der Waals surface area contributed by atoms with Crippen LogP contribution in [0, 0.1) is 0 Å². The molecule has 0 atom stereocenters. The molecule has 2 amide bonds. The van der Waals surface area contributed by atoms with E-state index in [1.807, 2.05) is 23.9 Å². The number of carbonyl (C=O) groups excluding carboxylic acids is 2. The molecular formula is C18H27ClN4O3. The van der Waals surface area contributed by atoms with Gasteiger partial charge in [0.05, 0.1) is 11.6 Å². The van der Waals surface area contributed by atoms with Crippen molar-refractivity contribution in [3.8, 4) is 5.75 Å². The van der Waals surface area contributed by atoms with Gasteiger partial charge in [0.1, 0.15) is 11.9 Å². The van der Waals surface area contributed by atoms with Crippen LogP contribution in [-0.2, 0) is 4.79 Å². The fourth-order valence-electron chi connectivity index (χ4n) is 2.82. The lowest BCUT2D eigenvalue weighted by molar-refractivity contribution is -0.119. The monoisotopic (exact) mass is 382 g/mol. The van der Waals surface area contributed by atoms with Crippen molar-refractivity contribution in [1.82, 2.24) is 15.1 Å². The minimum atomic E-state index is -0.313. The van der Waals surface area contributed by atoms with E-state index in [-0.39, 0.29) is 24.5 Å². The molecule has 1 aliphatic rings. The zero-order chi connectivity index (χ0) is 19.1. The Hall–Kier alpha value is -1.83. The van der Waals surface area contributed by atoms with Crippen LogP contribution in [0.2, 0.25) is 5.02 Å². The van der Waals surface area contributed by atoms with Crippen LogP contribution in [-0.4, -0.2) is 74.5 Å². The first-order chi connectivity index (χ1) is 12.3. The summed E-state index contributed by atoms with van der Waals surface area (Å²) in [5, 5.41) is 3.28. The highest BCUT2D eigenvalue weighted by atomic mass is 35.5. The molecule has 26 heavy (non-hydrogen) atoms. The molecule has 0 radical (unpaired) electrons. The van der Waals surface area contributed by atoms with Crippen molar-refractivity contribution in [2.24, 2.45) is 5.73 Å². The standard InChI is InChI=1S/C18H27ClN4O3/c1-22(2)10-7-21-18(25)13-3-4-16(15(19)11-13)26-14-5-8-23(9-6-14)12-17(20)24/h3-4,11,14H,5-10,12H2,1-2H3,(H2,20,24)(H,21,25). The third-order valence-corrected chi connectivity index (χ3v) is 4.54. The second-order valence-corrected chi connectivity index (χ2v) is 7.17. The smallest absolute Gasteiger partial charge is 0.251 e. The van der Waals surface area contributed by atoms with Gasteiger partial charge in [-0.05, 0) is 45.1 Å². The fourth-order valence-corrected chi connectivity index (χ4v) is 3.04. The summed E-state index contributed by atoms with van der Waals surface area (Å²) in [4.78, 5) is 27.1. The number of primary amides is 1. The van der Waals surface area contributed by atoms with E-state index in [4.69, 9.17) is 22.1 Å². The molecule has 0 spiro atoms. The van der Waals surface area contributed by atoms with Crippen molar-refractivity contribution in [2.75, 3.05) is 46.8 Å². The molecule has 1 heterocycles. The summed E-state index contributed by atoms with van der Waals surface area (Å²) in [6.07, 6.45) is 1.64. The number of amides is 2. The van der Waals surface area contributed by atoms with Crippen molar-refractivity contribution in [3.05, 3.63) is 28.8 Å². The minimum absolute atomic E-state index is 0.0383. The first kappa shape index (κ1) is 20.5. The molecule has 1 aromatic carbocycles. The van der Waals surface area contributed by atoms with Gasteiger partial charge in [0.25, 0.3) is 5.91 Å². The molecule has 0 saturated carbocycles. The van der Waals surface area contributed by atoms with Crippen LogP contribution in [0.5, 0.6) is 5.75 Å². The number of piperidine rings is 1. The molecule has 3 N–H and O–H groups in total. The van der Waals surface area contributed by atoms with Gasteiger partial charge in [-0.3, -0.25) is 14.5 Å². The van der Waals surface area contributed by atoms with Gasteiger partial charge in [0.2, 0.25) is 5.91 Å². The summed E-state index contributed by atoms with van der Waals surface area (Å²) in [6, 6.07) is 5.08. The number of nitrogens with zero attached hydrogens (tertiary/aromatic N) is 2. The number of nitrogens with one attached hydrogen (secondary N) is 1. The molecule has 1 fully saturated rings. The Morgan fingerprint density at radius 3 is 2.62 bits per heavy atom. The van der Waals surface area contributed by atoms with Crippen LogP contribution in [0.3, 0.4) is 0 Å². The van der Waals surface area contributed by atoms with Crippen molar-refractivity contribution in [1.29, 1.82) is 0 Å². The van der Waals surface area contributed by atoms with Crippen LogP contribution in [0.25, 0.3) is 0 Å². The summed E-state index contributed by atoms with van der Waals surface area (Å²) in [7, 11) is 3.90. The van der Waals surface area contributed by atoms with Gasteiger partial charge < -0.3 is 20.7 Å². The number of hydrogen-bond acceptors (Lipinski definition) is 5. The molecule has 0 bridgehead atoms. The first-order valence-electron chi connectivity index (χ1n) is 8.75. The molecule has 0 aromatic heterocycles. The van der Waals surface area contributed by atoms with E-state index in [2.05, 4.69) is 5.32 Å². The Morgan fingerprint density at radius 1 is 1.35 bits per heavy atom. The van der Waals surface area contributed by atoms with Crippen molar-refractivity contribution < 1.29 is 14.3 Å². The fraction of sp³-hybridized carbons (Fsp3) is 0.556. The number of rotatable bonds is 8. The van der Waals surface area contributed by atoms with E-state index >= 15 is 0 Å². The van der Waals surface area contributed by atoms with Crippen molar-refractivity contribution >= 4 is 23.4 Å². The van der Waals surface area contributed by atoms with E-state index in [0.717, 1.165) is 32.5 Å². The van der Waals surface area contributed by atoms with Crippen LogP contribution < -0.4 is 15.8 Å². The largest absolute Gasteiger partial charge is 0.489 e. The van der Waals surface area contributed by atoms with E-state index in [9.17, 15) is 9.59 Å². The second-order valence-electron chi connectivity index (χ2n) is 6.76. The molecule has 7 nitrogen and oxygen atoms in total. The molecular weight excluding hydrogens is 356 g/mol. The van der Waals surface area contributed by atoms with E-state index < -0.39 is 0 Å². The zero-order valence-electron chi connectivity index (χ0n) is 15.3. The van der Waals surface area contributed by atoms with Gasteiger partial charge in [-0.1, -0.05) is 11.6 Å². The summed E-state index contributed by atoms with van der Waals surface area (Å²) in [5.74, 6) is 0.108. The Kier molecular flexibility index (Phi) is 7.68. The third kappa shape index (κ3) is 6.48. The number of ether oxygens (including phenoxy) is 1. The van der Waals surface area contributed by atoms with Gasteiger partial charge in [-0.25, -0.2) is 0 Å². The van der Waals surface area contributed by atoms with E-state index in [0.29, 0.717) is 22.9 Å². The van der Waals surface area contributed by atoms with Crippen LogP contribution in [0.15, 0.2) is 18.2 Å². The highest BCUT2D eigenvalue weighted by Crippen LogP contribution is 2.28. The normalized spacial score (nSPS) is 15.8. The zero-order valence-corrected chi connectivity index (χ0v) is 16.1. The number of likely N-dealkylation sites (tertiary alicyclic amines) is 1. The van der Waals surface area contributed by atoms with Crippen molar-refractivity contribution in [3.63, 3.8) is 0 Å². The maximum atomic E-state index is 12.1. The Balaban J connectivity index is 1.86. The molecule has 1 aliphatic heterocycles. The van der Waals surface area contributed by atoms with Gasteiger partial charge in [-0.15, -0.1) is 0 Å². The molecule has 144 valence electrons. The number of halogens is 1. The highest BCUT2D eigenvalue weighted by Gasteiger charge is 2.22. The van der Waals surface area contributed by atoms with Crippen LogP contribution in [0.1, 0.15) is 23.2 Å². The average molecular weight is 383 g/mol. The molecule has 2 rings (SSSR count). The van der Waals surface area contributed by atoms with E-state index in [1.165, 1.54) is 0 Å². The van der Waals surface area contributed by atoms with Crippen LogP contribution >= 0.6 is 11.6 Å². The summed E-state index contributed by atoms with van der Waals surface area (Å²) < 4.78 is 5.97. The SMILES string of the molecule is CN(C)CCNC(=O)c1ccc(OC2CCN(CC(N)=O)CC2)c(Cl)c1. The van der Waals surface area contributed by atoms with Gasteiger partial charge in [0.15, 0.2) is 0 Å². The number of hydrogen-bond donors (Lipinski definition) is 2. The maximum Gasteiger partial charge on any atom is 0.251 e. The Morgan fingerprint density at radius 2 is 2.04 bits per heavy atom. The molecule has 1 aromatic rings. The second kappa shape index (κ2) is 9.75. The summed E-state index contributed by atoms with van der Waals surface area (Å²) >= 11 is 6.29. The lowest BCUT2D eigenvalue weighted by atomic mass is 10.1. The molecule has 0 aliphatic carbocycles. The number of nitrogens with two attached hydrogens (primary N) is 1. The van der Waals surface area contributed by atoms with Gasteiger partial charge in [-0.2, -0.15) is 0 Å². The first-order valence-corrected chi connectivity index (χ1v) is 9.12. The van der Waals surface area contributed by atoms with E-state index in [1.54, 1.807) is 18.2 Å². The quantitative estimate of drug-likeness (QED) is 0.699. The molecule has 8 heteroatoms. The Labute approximate surface area is 159 Å². The number of carbonyl (C=O) groups is 2. The summed E-state index contributed by atoms with van der Waals surface area (Å²) in [5.41, 5.74) is 5.73.